The highest BCUT2D eigenvalue weighted by Gasteiger charge is 2.16. The van der Waals surface area contributed by atoms with E-state index in [9.17, 15) is 9.59 Å². The highest BCUT2D eigenvalue weighted by atomic mass is 16.2. The Balaban J connectivity index is 1.96. The van der Waals surface area contributed by atoms with Crippen molar-refractivity contribution in [2.24, 2.45) is 5.84 Å². The van der Waals surface area contributed by atoms with E-state index in [1.165, 1.54) is 5.56 Å². The van der Waals surface area contributed by atoms with Crippen LogP contribution in [0.2, 0.25) is 0 Å². The quantitative estimate of drug-likeness (QED) is 0.501. The predicted molar refractivity (Wildman–Crippen MR) is 79.9 cm³/mol. The van der Waals surface area contributed by atoms with Crippen LogP contribution in [0.25, 0.3) is 0 Å². The number of nitrogens with two attached hydrogens (primary N) is 1. The number of nitrogens with zero attached hydrogens (tertiary/aromatic N) is 1. The van der Waals surface area contributed by atoms with E-state index < -0.39 is 0 Å². The summed E-state index contributed by atoms with van der Waals surface area (Å²) in [6, 6.07) is 10.7. The van der Waals surface area contributed by atoms with E-state index in [1.807, 2.05) is 16.7 Å². The van der Waals surface area contributed by atoms with Gasteiger partial charge in [-0.1, -0.05) is 18.2 Å². The summed E-state index contributed by atoms with van der Waals surface area (Å²) >= 11 is 0. The van der Waals surface area contributed by atoms with Crippen LogP contribution in [0, 0.1) is 0 Å². The van der Waals surface area contributed by atoms with Crippen molar-refractivity contribution in [3.8, 4) is 0 Å². The Bertz CT molecular complexity index is 749. The Hall–Kier alpha value is -2.40. The Kier molecular flexibility index (Phi) is 3.58. The molecule has 2 aromatic rings. The minimum atomic E-state index is -0.331. The maximum Gasteiger partial charge on any atom is 0.265 e. The van der Waals surface area contributed by atoms with Crippen LogP contribution in [0.1, 0.15) is 33.6 Å². The molecule has 0 aliphatic heterocycles. The number of carbonyl (C=O) groups is 1. The van der Waals surface area contributed by atoms with Gasteiger partial charge in [0.15, 0.2) is 0 Å². The average Bonchev–Trinajstić information content (AvgIpc) is 2.98. The molecule has 3 N–H and O–H groups in total. The van der Waals surface area contributed by atoms with Gasteiger partial charge in [0.2, 0.25) is 0 Å². The summed E-state index contributed by atoms with van der Waals surface area (Å²) in [7, 11) is 0. The zero-order valence-electron chi connectivity index (χ0n) is 11.6. The van der Waals surface area contributed by atoms with Crippen molar-refractivity contribution in [1.82, 2.24) is 9.99 Å². The minimum Gasteiger partial charge on any atom is -0.308 e. The van der Waals surface area contributed by atoms with Crippen molar-refractivity contribution in [2.45, 2.75) is 25.8 Å². The zero-order chi connectivity index (χ0) is 14.8. The molecule has 0 unspecified atom stereocenters. The molecule has 108 valence electrons. The third-order valence-electron chi connectivity index (χ3n) is 3.91. The first kappa shape index (κ1) is 13.6. The average molecular weight is 283 g/mol. The number of amides is 1. The molecule has 0 atom stereocenters. The Morgan fingerprint density at radius 3 is 2.90 bits per heavy atom. The van der Waals surface area contributed by atoms with E-state index in [0.717, 1.165) is 30.5 Å². The molecule has 0 saturated carbocycles. The Morgan fingerprint density at radius 2 is 2.10 bits per heavy atom. The summed E-state index contributed by atoms with van der Waals surface area (Å²) in [5.41, 5.74) is 5.91. The van der Waals surface area contributed by atoms with Crippen molar-refractivity contribution in [3.63, 3.8) is 0 Å². The van der Waals surface area contributed by atoms with Gasteiger partial charge in [0.25, 0.3) is 11.5 Å². The fraction of sp³-hybridized carbons (Fsp3) is 0.250. The van der Waals surface area contributed by atoms with Crippen LogP contribution in [0.15, 0.2) is 41.2 Å². The van der Waals surface area contributed by atoms with Crippen LogP contribution < -0.4 is 16.8 Å². The van der Waals surface area contributed by atoms with Crippen LogP contribution in [-0.4, -0.2) is 10.5 Å². The summed E-state index contributed by atoms with van der Waals surface area (Å²) in [5.74, 6) is 4.82. The van der Waals surface area contributed by atoms with Crippen LogP contribution in [0.3, 0.4) is 0 Å². The second-order valence-corrected chi connectivity index (χ2v) is 5.26. The molecule has 0 bridgehead atoms. The summed E-state index contributed by atoms with van der Waals surface area (Å²) in [6.45, 7) is 0.480. The van der Waals surface area contributed by atoms with Crippen LogP contribution in [0.4, 0.5) is 0 Å². The number of rotatable bonds is 3. The van der Waals surface area contributed by atoms with Crippen molar-refractivity contribution < 1.29 is 4.79 Å². The molecule has 0 spiro atoms. The molecule has 5 nitrogen and oxygen atoms in total. The van der Waals surface area contributed by atoms with E-state index in [0.29, 0.717) is 12.1 Å². The highest BCUT2D eigenvalue weighted by Crippen LogP contribution is 2.20. The second kappa shape index (κ2) is 5.54. The maximum atomic E-state index is 12.1. The molecular formula is C16H17N3O2. The number of benzene rings is 1. The van der Waals surface area contributed by atoms with Crippen molar-refractivity contribution in [2.75, 3.05) is 0 Å². The number of nitrogen functional groups attached to an aromatic ring is 1. The molecule has 1 aliphatic carbocycles. The van der Waals surface area contributed by atoms with E-state index in [4.69, 9.17) is 5.84 Å². The molecule has 21 heavy (non-hydrogen) atoms. The van der Waals surface area contributed by atoms with Crippen LogP contribution in [0.5, 0.6) is 0 Å². The lowest BCUT2D eigenvalue weighted by atomic mass is 10.1. The number of pyridine rings is 1. The summed E-state index contributed by atoms with van der Waals surface area (Å²) < 4.78 is 1.81. The molecule has 5 heteroatoms. The smallest absolute Gasteiger partial charge is 0.265 e. The third-order valence-corrected chi connectivity index (χ3v) is 3.91. The molecule has 0 saturated heterocycles. The summed E-state index contributed by atoms with van der Waals surface area (Å²) in [4.78, 5) is 23.7. The monoisotopic (exact) mass is 283 g/mol. The number of aromatic nitrogens is 1. The van der Waals surface area contributed by atoms with Gasteiger partial charge in [0.1, 0.15) is 0 Å². The van der Waals surface area contributed by atoms with Gasteiger partial charge in [-0.2, -0.15) is 0 Å². The van der Waals surface area contributed by atoms with Gasteiger partial charge in [-0.05, 0) is 42.5 Å². The highest BCUT2D eigenvalue weighted by molar-refractivity contribution is 5.93. The maximum absolute atomic E-state index is 12.1. The summed E-state index contributed by atoms with van der Waals surface area (Å²) in [6.07, 6.45) is 3.06. The van der Waals surface area contributed by atoms with Crippen molar-refractivity contribution >= 4 is 5.91 Å². The lowest BCUT2D eigenvalue weighted by Crippen LogP contribution is -2.30. The Labute approximate surface area is 122 Å². The largest absolute Gasteiger partial charge is 0.308 e. The number of hydrazine groups is 1. The molecule has 1 aromatic heterocycles. The third kappa shape index (κ3) is 2.60. The molecule has 1 aromatic carbocycles. The van der Waals surface area contributed by atoms with Crippen molar-refractivity contribution in [3.05, 3.63) is 69.1 Å². The molecule has 0 radical (unpaired) electrons. The topological polar surface area (TPSA) is 77.1 Å². The number of carbonyl (C=O) groups excluding carboxylic acids is 1. The van der Waals surface area contributed by atoms with Gasteiger partial charge in [-0.3, -0.25) is 15.0 Å². The molecule has 1 heterocycles. The normalized spacial score (nSPS) is 13.0. The fourth-order valence-corrected chi connectivity index (χ4v) is 2.88. The molecular weight excluding hydrogens is 266 g/mol. The van der Waals surface area contributed by atoms with Crippen LogP contribution >= 0.6 is 0 Å². The first-order valence-corrected chi connectivity index (χ1v) is 7.00. The molecule has 1 amide bonds. The molecule has 3 rings (SSSR count). The molecule has 0 fully saturated rings. The van der Waals surface area contributed by atoms with Crippen LogP contribution in [-0.2, 0) is 19.4 Å². The minimum absolute atomic E-state index is 0.00401. The lowest BCUT2D eigenvalue weighted by molar-refractivity contribution is 0.0953. The van der Waals surface area contributed by atoms with E-state index in [1.54, 1.807) is 24.3 Å². The van der Waals surface area contributed by atoms with Gasteiger partial charge >= 0.3 is 0 Å². The number of aryl methyl sites for hydroxylation is 1. The SMILES string of the molecule is NNC(=O)c1cccc(Cn2c3c(ccc2=O)CCC3)c1. The van der Waals surface area contributed by atoms with Gasteiger partial charge < -0.3 is 4.57 Å². The van der Waals surface area contributed by atoms with Gasteiger partial charge in [0.05, 0.1) is 6.54 Å². The molecule has 1 aliphatic rings. The fourth-order valence-electron chi connectivity index (χ4n) is 2.88. The first-order chi connectivity index (χ1) is 10.2. The lowest BCUT2D eigenvalue weighted by Gasteiger charge is -2.12. The standard InChI is InChI=1S/C16H17N3O2/c17-18-16(21)13-5-1-3-11(9-13)10-19-14-6-2-4-12(14)7-8-15(19)20/h1,3,5,7-9H,2,4,6,10,17H2,(H,18,21). The second-order valence-electron chi connectivity index (χ2n) is 5.26. The predicted octanol–water partition coefficient (Wildman–Crippen LogP) is 0.989. The van der Waals surface area contributed by atoms with Gasteiger partial charge in [0, 0.05) is 17.3 Å². The van der Waals surface area contributed by atoms with Gasteiger partial charge in [-0.15, -0.1) is 0 Å². The first-order valence-electron chi connectivity index (χ1n) is 7.00. The number of nitrogens with one attached hydrogen (secondary N) is 1. The Morgan fingerprint density at radius 1 is 1.24 bits per heavy atom. The van der Waals surface area contributed by atoms with Crippen molar-refractivity contribution in [1.29, 1.82) is 0 Å². The number of hydrogen-bond donors (Lipinski definition) is 2. The van der Waals surface area contributed by atoms with E-state index >= 15 is 0 Å². The van der Waals surface area contributed by atoms with Gasteiger partial charge in [-0.25, -0.2) is 5.84 Å². The number of fused-ring (bicyclic) bond motifs is 1. The van der Waals surface area contributed by atoms with E-state index in [-0.39, 0.29) is 11.5 Å². The zero-order valence-corrected chi connectivity index (χ0v) is 11.6. The number of hydrogen-bond acceptors (Lipinski definition) is 3. The van der Waals surface area contributed by atoms with E-state index in [2.05, 4.69) is 5.43 Å². The summed E-state index contributed by atoms with van der Waals surface area (Å²) in [5, 5.41) is 0.